The number of fused-ring (bicyclic) bond motifs is 1. The van der Waals surface area contributed by atoms with Gasteiger partial charge in [-0.3, -0.25) is 33.8 Å². The van der Waals surface area contributed by atoms with Crippen LogP contribution in [-0.2, 0) is 24.0 Å². The molecule has 1 aliphatic heterocycles. The fourth-order valence-electron chi connectivity index (χ4n) is 9.31. The number of benzene rings is 1. The largest absolute Gasteiger partial charge is 0.344 e. The van der Waals surface area contributed by atoms with Crippen LogP contribution in [0.25, 0.3) is 0 Å². The zero-order valence-corrected chi connectivity index (χ0v) is 32.9. The van der Waals surface area contributed by atoms with Gasteiger partial charge >= 0.3 is 0 Å². The molecule has 10 nitrogen and oxygen atoms in total. The highest BCUT2D eigenvalue weighted by Gasteiger charge is 2.52. The van der Waals surface area contributed by atoms with Crippen LogP contribution in [0.5, 0.6) is 0 Å². The van der Waals surface area contributed by atoms with Gasteiger partial charge in [-0.1, -0.05) is 97.1 Å². The molecule has 2 aromatic rings. The van der Waals surface area contributed by atoms with E-state index in [9.17, 15) is 28.8 Å². The van der Waals surface area contributed by atoms with Crippen LogP contribution in [0.1, 0.15) is 140 Å². The van der Waals surface area contributed by atoms with Crippen molar-refractivity contribution in [3.05, 3.63) is 60.2 Å². The summed E-state index contributed by atoms with van der Waals surface area (Å²) < 4.78 is 0. The molecule has 2 amide bonds. The summed E-state index contributed by atoms with van der Waals surface area (Å²) in [5.41, 5.74) is 0.496. The second kappa shape index (κ2) is 18.5. The van der Waals surface area contributed by atoms with E-state index in [1.54, 1.807) is 4.90 Å². The number of likely N-dealkylation sites (tertiary alicyclic amines) is 1. The van der Waals surface area contributed by atoms with Gasteiger partial charge in [-0.2, -0.15) is 0 Å². The molecule has 2 heterocycles. The zero-order valence-electron chi connectivity index (χ0n) is 32.9. The smallest absolute Gasteiger partial charge is 0.246 e. The Hall–Kier alpha value is -4.08. The first kappa shape index (κ1) is 41.1. The Bertz CT molecular complexity index is 1630. The highest BCUT2D eigenvalue weighted by molar-refractivity contribution is 6.38. The van der Waals surface area contributed by atoms with Crippen molar-refractivity contribution in [1.82, 2.24) is 20.2 Å². The molecule has 3 fully saturated rings. The van der Waals surface area contributed by atoms with Crippen LogP contribution >= 0.6 is 0 Å². The molecule has 292 valence electrons. The number of carbonyl (C=O) groups excluding carboxylic acids is 6. The van der Waals surface area contributed by atoms with E-state index in [-0.39, 0.29) is 72.0 Å². The molecule has 2 unspecified atom stereocenters. The number of nitrogens with zero attached hydrogens (tertiary/aromatic N) is 3. The molecule has 0 radical (unpaired) electrons. The van der Waals surface area contributed by atoms with E-state index >= 15 is 0 Å². The minimum Gasteiger partial charge on any atom is -0.344 e. The monoisotopic (exact) mass is 740 g/mol. The Morgan fingerprint density at radius 2 is 1.61 bits per heavy atom. The number of amides is 2. The highest BCUT2D eigenvalue weighted by atomic mass is 16.2. The van der Waals surface area contributed by atoms with Crippen LogP contribution in [0.3, 0.4) is 0 Å². The number of Topliss-reactive ketones (excluding diaryl/α,β-unsaturated/α-hetero) is 4. The number of hydrogen-bond acceptors (Lipinski definition) is 8. The Morgan fingerprint density at radius 1 is 0.889 bits per heavy atom. The lowest BCUT2D eigenvalue weighted by Crippen LogP contribution is -2.58. The maximum Gasteiger partial charge on any atom is 0.246 e. The molecule has 0 spiro atoms. The SMILES string of the molecule is CCC[C@@H](CC(=O)[C@@H]1C2CCCC2CN1C(=O)[C@@H](NC(=O)[C@H](CC(=O)c1cnccn1)C1CCCCC1)C(C)(C)C)C(=O)C(=O)C[C@H](C)c1ccccc1. The number of nitrogens with one attached hydrogen (secondary N) is 1. The van der Waals surface area contributed by atoms with Crippen molar-refractivity contribution in [2.45, 2.75) is 136 Å². The van der Waals surface area contributed by atoms with Gasteiger partial charge in [-0.25, -0.2) is 4.98 Å². The average molecular weight is 741 g/mol. The first-order valence-corrected chi connectivity index (χ1v) is 20.3. The van der Waals surface area contributed by atoms with Crippen LogP contribution in [-0.4, -0.2) is 68.4 Å². The molecule has 10 heteroatoms. The molecular weight excluding hydrogens is 681 g/mol. The van der Waals surface area contributed by atoms with E-state index in [2.05, 4.69) is 15.3 Å². The average Bonchev–Trinajstić information content (AvgIpc) is 3.77. The molecule has 2 aliphatic carbocycles. The van der Waals surface area contributed by atoms with E-state index in [0.29, 0.717) is 19.4 Å². The lowest BCUT2D eigenvalue weighted by Gasteiger charge is -2.38. The third kappa shape index (κ3) is 9.96. The van der Waals surface area contributed by atoms with Gasteiger partial charge in [-0.15, -0.1) is 0 Å². The fourth-order valence-corrected chi connectivity index (χ4v) is 9.31. The predicted octanol–water partition coefficient (Wildman–Crippen LogP) is 7.11. The Balaban J connectivity index is 1.34. The Labute approximate surface area is 321 Å². The van der Waals surface area contributed by atoms with Crippen molar-refractivity contribution in [3.8, 4) is 0 Å². The van der Waals surface area contributed by atoms with Crippen molar-refractivity contribution in [3.63, 3.8) is 0 Å². The van der Waals surface area contributed by atoms with Gasteiger partial charge < -0.3 is 10.2 Å². The second-order valence-corrected chi connectivity index (χ2v) is 17.3. The summed E-state index contributed by atoms with van der Waals surface area (Å²) in [5.74, 6) is -3.39. The van der Waals surface area contributed by atoms with Gasteiger partial charge in [0.25, 0.3) is 0 Å². The summed E-state index contributed by atoms with van der Waals surface area (Å²) in [5, 5.41) is 3.11. The van der Waals surface area contributed by atoms with Crippen molar-refractivity contribution < 1.29 is 28.8 Å². The summed E-state index contributed by atoms with van der Waals surface area (Å²) in [4.78, 5) is 93.8. The van der Waals surface area contributed by atoms with E-state index in [1.807, 2.05) is 65.0 Å². The first-order chi connectivity index (χ1) is 25.8. The van der Waals surface area contributed by atoms with Crippen LogP contribution in [0.4, 0.5) is 0 Å². The van der Waals surface area contributed by atoms with E-state index in [4.69, 9.17) is 0 Å². The summed E-state index contributed by atoms with van der Waals surface area (Å²) in [6.45, 7) is 10.0. The predicted molar refractivity (Wildman–Crippen MR) is 206 cm³/mol. The van der Waals surface area contributed by atoms with E-state index in [1.165, 1.54) is 18.6 Å². The molecule has 1 N–H and O–H groups in total. The maximum atomic E-state index is 14.8. The topological polar surface area (TPSA) is 143 Å². The quantitative estimate of drug-likeness (QED) is 0.134. The third-order valence-corrected chi connectivity index (χ3v) is 12.3. The normalized spacial score (nSPS) is 22.5. The van der Waals surface area contributed by atoms with Crippen LogP contribution in [0, 0.1) is 35.0 Å². The summed E-state index contributed by atoms with van der Waals surface area (Å²) in [6, 6.07) is 7.97. The highest BCUT2D eigenvalue weighted by Crippen LogP contribution is 2.44. The molecule has 7 atom stereocenters. The molecule has 2 saturated carbocycles. The lowest BCUT2D eigenvalue weighted by atomic mass is 9.76. The minimum absolute atomic E-state index is 0.00184. The summed E-state index contributed by atoms with van der Waals surface area (Å²) in [6.07, 6.45) is 12.8. The van der Waals surface area contributed by atoms with Gasteiger partial charge in [0, 0.05) is 50.0 Å². The summed E-state index contributed by atoms with van der Waals surface area (Å²) >= 11 is 0. The van der Waals surface area contributed by atoms with E-state index in [0.717, 1.165) is 56.9 Å². The van der Waals surface area contributed by atoms with Crippen molar-refractivity contribution in [2.75, 3.05) is 6.54 Å². The fraction of sp³-hybridized carbons (Fsp3) is 0.636. The first-order valence-electron chi connectivity index (χ1n) is 20.3. The number of rotatable bonds is 17. The van der Waals surface area contributed by atoms with Crippen LogP contribution in [0.2, 0.25) is 0 Å². The van der Waals surface area contributed by atoms with Crippen LogP contribution in [0.15, 0.2) is 48.9 Å². The number of carbonyl (C=O) groups is 6. The van der Waals surface area contributed by atoms with Crippen molar-refractivity contribution >= 4 is 34.9 Å². The maximum absolute atomic E-state index is 14.8. The lowest BCUT2D eigenvalue weighted by molar-refractivity contribution is -0.146. The van der Waals surface area contributed by atoms with Gasteiger partial charge in [0.15, 0.2) is 17.3 Å². The molecule has 5 rings (SSSR count). The molecule has 0 bridgehead atoms. The Kier molecular flexibility index (Phi) is 14.1. The van der Waals surface area contributed by atoms with Crippen molar-refractivity contribution in [1.29, 1.82) is 0 Å². The molecule has 1 saturated heterocycles. The van der Waals surface area contributed by atoms with Crippen LogP contribution < -0.4 is 5.32 Å². The van der Waals surface area contributed by atoms with Gasteiger partial charge in [0.2, 0.25) is 17.6 Å². The molecular formula is C44H60N4O6. The molecule has 3 aliphatic rings. The third-order valence-electron chi connectivity index (χ3n) is 12.3. The molecule has 1 aromatic carbocycles. The van der Waals surface area contributed by atoms with Gasteiger partial charge in [-0.05, 0) is 66.8 Å². The van der Waals surface area contributed by atoms with E-state index < -0.39 is 40.9 Å². The van der Waals surface area contributed by atoms with Gasteiger partial charge in [0.1, 0.15) is 11.7 Å². The summed E-state index contributed by atoms with van der Waals surface area (Å²) in [7, 11) is 0. The van der Waals surface area contributed by atoms with Crippen molar-refractivity contribution in [2.24, 2.45) is 35.0 Å². The number of aromatic nitrogens is 2. The number of ketones is 4. The Morgan fingerprint density at radius 3 is 2.26 bits per heavy atom. The second-order valence-electron chi connectivity index (χ2n) is 17.3. The standard InChI is InChI=1S/C44H60N4O6/c1-6-14-31(40(52)38(51)23-28(2)29-15-9-7-10-16-29)24-37(50)39-33-20-13-19-32(33)27-48(39)43(54)41(44(3,4)5)47-42(53)34(30-17-11-8-12-18-30)25-36(49)35-26-45-21-22-46-35/h7,9-10,15-16,21-22,26,28,30-34,39,41H,6,8,11-14,17-20,23-25,27H2,1-5H3,(H,47,53)/t28-,31-,32?,33?,34+,39-,41+/m0/s1. The van der Waals surface area contributed by atoms with Gasteiger partial charge in [0.05, 0.1) is 12.2 Å². The molecule has 1 aromatic heterocycles. The number of hydrogen-bond donors (Lipinski definition) is 1. The minimum atomic E-state index is -0.939. The zero-order chi connectivity index (χ0) is 39.0. The molecule has 54 heavy (non-hydrogen) atoms.